The molecule has 1 unspecified atom stereocenters. The van der Waals surface area contributed by atoms with Crippen LogP contribution in [0.25, 0.3) is 0 Å². The first-order chi connectivity index (χ1) is 8.34. The van der Waals surface area contributed by atoms with Crippen LogP contribution in [0, 0.1) is 0 Å². The molecule has 1 saturated heterocycles. The third-order valence-corrected chi connectivity index (χ3v) is 3.45. The van der Waals surface area contributed by atoms with Crippen LogP contribution in [0.2, 0.25) is 0 Å². The zero-order valence-corrected chi connectivity index (χ0v) is 10.8. The highest BCUT2D eigenvalue weighted by molar-refractivity contribution is 4.97. The maximum absolute atomic E-state index is 5.38. The molecular formula is C14H24N2O. The maximum atomic E-state index is 5.38. The fraction of sp³-hybridized carbons (Fsp3) is 0.714. The number of hydrogen-bond donors (Lipinski definition) is 1. The van der Waals surface area contributed by atoms with Gasteiger partial charge in [0.25, 0.3) is 0 Å². The van der Waals surface area contributed by atoms with Gasteiger partial charge < -0.3 is 9.73 Å². The van der Waals surface area contributed by atoms with Crippen LogP contribution in [0.4, 0.5) is 0 Å². The normalized spacial score (nSPS) is 22.4. The molecule has 1 aliphatic heterocycles. The molecule has 0 saturated carbocycles. The highest BCUT2D eigenvalue weighted by atomic mass is 16.3. The number of nitrogens with zero attached hydrogens (tertiary/aromatic N) is 1. The molecule has 96 valence electrons. The second kappa shape index (κ2) is 6.82. The molecule has 1 aromatic heterocycles. The second-order valence-electron chi connectivity index (χ2n) is 5.13. The van der Waals surface area contributed by atoms with Crippen molar-refractivity contribution in [1.82, 2.24) is 10.2 Å². The molecule has 0 bridgehead atoms. The molecule has 0 aromatic carbocycles. The number of nitrogens with one attached hydrogen (secondary N) is 1. The molecule has 1 aliphatic rings. The van der Waals surface area contributed by atoms with Crippen molar-refractivity contribution in [1.29, 1.82) is 0 Å². The van der Waals surface area contributed by atoms with Gasteiger partial charge in [0.1, 0.15) is 5.76 Å². The van der Waals surface area contributed by atoms with Crippen molar-refractivity contribution in [2.24, 2.45) is 0 Å². The Kier molecular flexibility index (Phi) is 5.08. The summed E-state index contributed by atoms with van der Waals surface area (Å²) in [5.41, 5.74) is 0. The van der Waals surface area contributed by atoms with Crippen molar-refractivity contribution in [3.63, 3.8) is 0 Å². The van der Waals surface area contributed by atoms with Gasteiger partial charge in [-0.15, -0.1) is 0 Å². The zero-order chi connectivity index (χ0) is 11.9. The third-order valence-electron chi connectivity index (χ3n) is 3.45. The lowest BCUT2D eigenvalue weighted by Crippen LogP contribution is -2.40. The van der Waals surface area contributed by atoms with Crippen molar-refractivity contribution in [3.05, 3.63) is 24.2 Å². The SMILES string of the molecule is CN(Cc1ccco1)CC1CCCCCCN1. The molecular weight excluding hydrogens is 212 g/mol. The molecule has 0 radical (unpaired) electrons. The Morgan fingerprint density at radius 2 is 2.24 bits per heavy atom. The van der Waals surface area contributed by atoms with E-state index < -0.39 is 0 Å². The van der Waals surface area contributed by atoms with E-state index in [-0.39, 0.29) is 0 Å². The Morgan fingerprint density at radius 1 is 1.35 bits per heavy atom. The summed E-state index contributed by atoms with van der Waals surface area (Å²) in [5, 5.41) is 3.66. The zero-order valence-electron chi connectivity index (χ0n) is 10.8. The van der Waals surface area contributed by atoms with Crippen molar-refractivity contribution in [2.75, 3.05) is 20.1 Å². The molecule has 1 fully saturated rings. The van der Waals surface area contributed by atoms with Gasteiger partial charge in [-0.25, -0.2) is 0 Å². The standard InChI is InChI=1S/C14H24N2O/c1-16(12-14-8-6-10-17-14)11-13-7-4-2-3-5-9-15-13/h6,8,10,13,15H,2-5,7,9,11-12H2,1H3. The first-order valence-electron chi connectivity index (χ1n) is 6.79. The van der Waals surface area contributed by atoms with Crippen molar-refractivity contribution >= 4 is 0 Å². The summed E-state index contributed by atoms with van der Waals surface area (Å²) in [5.74, 6) is 1.05. The van der Waals surface area contributed by atoms with Crippen LogP contribution in [0.15, 0.2) is 22.8 Å². The number of likely N-dealkylation sites (N-methyl/N-ethyl adjacent to an activating group) is 1. The summed E-state index contributed by atoms with van der Waals surface area (Å²) >= 11 is 0. The summed E-state index contributed by atoms with van der Waals surface area (Å²) < 4.78 is 5.38. The average molecular weight is 236 g/mol. The van der Waals surface area contributed by atoms with Gasteiger partial charge in [0.15, 0.2) is 0 Å². The highest BCUT2D eigenvalue weighted by Gasteiger charge is 2.13. The minimum atomic E-state index is 0.648. The van der Waals surface area contributed by atoms with Gasteiger partial charge in [-0.05, 0) is 38.6 Å². The summed E-state index contributed by atoms with van der Waals surface area (Å²) in [6, 6.07) is 4.65. The van der Waals surface area contributed by atoms with Gasteiger partial charge in [0, 0.05) is 12.6 Å². The van der Waals surface area contributed by atoms with E-state index in [1.165, 1.54) is 38.6 Å². The maximum Gasteiger partial charge on any atom is 0.117 e. The second-order valence-corrected chi connectivity index (χ2v) is 5.13. The number of hydrogen-bond acceptors (Lipinski definition) is 3. The van der Waals surface area contributed by atoms with Crippen LogP contribution in [-0.4, -0.2) is 31.1 Å². The lowest BCUT2D eigenvalue weighted by molar-refractivity contribution is 0.247. The quantitative estimate of drug-likeness (QED) is 0.871. The first-order valence-corrected chi connectivity index (χ1v) is 6.79. The molecule has 1 atom stereocenters. The van der Waals surface area contributed by atoms with Crippen LogP contribution in [0.1, 0.15) is 37.9 Å². The minimum absolute atomic E-state index is 0.648. The minimum Gasteiger partial charge on any atom is -0.468 e. The molecule has 1 aromatic rings. The van der Waals surface area contributed by atoms with Gasteiger partial charge in [0.2, 0.25) is 0 Å². The number of rotatable bonds is 4. The van der Waals surface area contributed by atoms with E-state index in [9.17, 15) is 0 Å². The Morgan fingerprint density at radius 3 is 3.06 bits per heavy atom. The van der Waals surface area contributed by atoms with Gasteiger partial charge in [-0.2, -0.15) is 0 Å². The van der Waals surface area contributed by atoms with E-state index in [2.05, 4.69) is 17.3 Å². The monoisotopic (exact) mass is 236 g/mol. The van der Waals surface area contributed by atoms with Crippen LogP contribution in [-0.2, 0) is 6.54 Å². The lowest BCUT2D eigenvalue weighted by Gasteiger charge is -2.26. The van der Waals surface area contributed by atoms with E-state index in [4.69, 9.17) is 4.42 Å². The Balaban J connectivity index is 1.74. The molecule has 0 aliphatic carbocycles. The summed E-state index contributed by atoms with van der Waals surface area (Å²) in [7, 11) is 2.17. The molecule has 0 amide bonds. The summed E-state index contributed by atoms with van der Waals surface area (Å²) in [6.07, 6.45) is 8.55. The molecule has 2 heterocycles. The van der Waals surface area contributed by atoms with Crippen molar-refractivity contribution < 1.29 is 4.42 Å². The third kappa shape index (κ3) is 4.52. The Bertz CT molecular complexity index is 289. The molecule has 0 spiro atoms. The Labute approximate surface area is 104 Å². The van der Waals surface area contributed by atoms with Gasteiger partial charge in [-0.3, -0.25) is 4.90 Å². The topological polar surface area (TPSA) is 28.4 Å². The van der Waals surface area contributed by atoms with Crippen molar-refractivity contribution in [2.45, 2.75) is 44.7 Å². The van der Waals surface area contributed by atoms with Gasteiger partial charge >= 0.3 is 0 Å². The highest BCUT2D eigenvalue weighted by Crippen LogP contribution is 2.11. The van der Waals surface area contributed by atoms with Crippen LogP contribution in [0.3, 0.4) is 0 Å². The van der Waals surface area contributed by atoms with Gasteiger partial charge in [-0.1, -0.05) is 19.3 Å². The molecule has 2 rings (SSSR count). The fourth-order valence-corrected chi connectivity index (χ4v) is 2.54. The van der Waals surface area contributed by atoms with Crippen LogP contribution < -0.4 is 5.32 Å². The van der Waals surface area contributed by atoms with E-state index in [1.807, 2.05) is 12.1 Å². The lowest BCUT2D eigenvalue weighted by atomic mass is 10.0. The smallest absolute Gasteiger partial charge is 0.117 e. The number of furan rings is 1. The van der Waals surface area contributed by atoms with E-state index in [0.29, 0.717) is 6.04 Å². The summed E-state index contributed by atoms with van der Waals surface area (Å²) in [6.45, 7) is 3.20. The predicted octanol–water partition coefficient (Wildman–Crippen LogP) is 2.63. The van der Waals surface area contributed by atoms with Crippen LogP contribution in [0.5, 0.6) is 0 Å². The molecule has 3 nitrogen and oxygen atoms in total. The fourth-order valence-electron chi connectivity index (χ4n) is 2.54. The molecule has 3 heteroatoms. The largest absolute Gasteiger partial charge is 0.468 e. The van der Waals surface area contributed by atoms with E-state index in [0.717, 1.165) is 18.8 Å². The summed E-state index contributed by atoms with van der Waals surface area (Å²) in [4.78, 5) is 2.35. The van der Waals surface area contributed by atoms with Crippen molar-refractivity contribution in [3.8, 4) is 0 Å². The van der Waals surface area contributed by atoms with Crippen LogP contribution >= 0.6 is 0 Å². The molecule has 1 N–H and O–H groups in total. The van der Waals surface area contributed by atoms with Gasteiger partial charge in [0.05, 0.1) is 12.8 Å². The Hall–Kier alpha value is -0.800. The predicted molar refractivity (Wildman–Crippen MR) is 69.9 cm³/mol. The average Bonchev–Trinajstić information content (AvgIpc) is 2.74. The first kappa shape index (κ1) is 12.7. The van der Waals surface area contributed by atoms with E-state index >= 15 is 0 Å². The molecule has 17 heavy (non-hydrogen) atoms. The van der Waals surface area contributed by atoms with E-state index in [1.54, 1.807) is 6.26 Å².